The van der Waals surface area contributed by atoms with Crippen LogP contribution in [0.3, 0.4) is 0 Å². The van der Waals surface area contributed by atoms with Gasteiger partial charge in [0.25, 0.3) is 0 Å². The molecule has 3 heteroatoms. The molecule has 0 atom stereocenters. The van der Waals surface area contributed by atoms with Gasteiger partial charge in [-0.25, -0.2) is 0 Å². The van der Waals surface area contributed by atoms with Crippen molar-refractivity contribution in [3.8, 4) is 0 Å². The minimum Gasteiger partial charge on any atom is -0.513 e. The Bertz CT molecular complexity index is 201. The molecular weight excluding hydrogens is 166 g/mol. The summed E-state index contributed by atoms with van der Waals surface area (Å²) >= 11 is 0. The topological polar surface area (TPSA) is 52.5 Å². The van der Waals surface area contributed by atoms with Crippen LogP contribution in [0.2, 0.25) is 0 Å². The van der Waals surface area contributed by atoms with Crippen molar-refractivity contribution >= 4 is 0 Å². The second-order valence-electron chi connectivity index (χ2n) is 2.91. The third kappa shape index (κ3) is 7.15. The number of aliphatic hydroxyl groups excluding tert-OH is 2. The van der Waals surface area contributed by atoms with Crippen molar-refractivity contribution in [2.24, 2.45) is 0 Å². The fourth-order valence-electron chi connectivity index (χ4n) is 0.977. The van der Waals surface area contributed by atoms with Crippen LogP contribution in [-0.4, -0.2) is 23.8 Å². The van der Waals surface area contributed by atoms with E-state index in [1.165, 1.54) is 0 Å². The highest BCUT2D eigenvalue weighted by atomic mass is 16.3. The normalized spacial score (nSPS) is 9.31. The van der Waals surface area contributed by atoms with Gasteiger partial charge in [0.15, 0.2) is 0 Å². The summed E-state index contributed by atoms with van der Waals surface area (Å²) in [6.45, 7) is 7.49. The molecule has 13 heavy (non-hydrogen) atoms. The molecule has 0 radical (unpaired) electrons. The van der Waals surface area contributed by atoms with Crippen LogP contribution in [-0.2, 0) is 0 Å². The van der Waals surface area contributed by atoms with E-state index in [0.717, 1.165) is 5.57 Å². The van der Waals surface area contributed by atoms with Gasteiger partial charge in [-0.15, -0.1) is 0 Å². The van der Waals surface area contributed by atoms with E-state index in [0.29, 0.717) is 19.4 Å². The van der Waals surface area contributed by atoms with Crippen molar-refractivity contribution in [2.45, 2.75) is 12.8 Å². The molecule has 0 rings (SSSR count). The standard InChI is InChI=1S/C10H17NO2/c1-8(12)6-10(4-5-11-3)7-9(2)13/h4,11-13H,1-2,5-7H2,3H3. The molecule has 0 aliphatic carbocycles. The van der Waals surface area contributed by atoms with Crippen molar-refractivity contribution in [2.75, 3.05) is 13.6 Å². The van der Waals surface area contributed by atoms with Crippen molar-refractivity contribution in [3.63, 3.8) is 0 Å². The monoisotopic (exact) mass is 183 g/mol. The van der Waals surface area contributed by atoms with Crippen LogP contribution in [0.1, 0.15) is 12.8 Å². The summed E-state index contributed by atoms with van der Waals surface area (Å²) in [7, 11) is 1.83. The Morgan fingerprint density at radius 2 is 1.69 bits per heavy atom. The van der Waals surface area contributed by atoms with E-state index < -0.39 is 0 Å². The van der Waals surface area contributed by atoms with Gasteiger partial charge in [-0.2, -0.15) is 0 Å². The van der Waals surface area contributed by atoms with Crippen LogP contribution in [0.25, 0.3) is 0 Å². The maximum Gasteiger partial charge on any atom is 0.0891 e. The molecule has 0 heterocycles. The second-order valence-corrected chi connectivity index (χ2v) is 2.91. The second kappa shape index (κ2) is 6.31. The fourth-order valence-corrected chi connectivity index (χ4v) is 0.977. The third-order valence-corrected chi connectivity index (χ3v) is 1.46. The van der Waals surface area contributed by atoms with E-state index in [2.05, 4.69) is 18.5 Å². The smallest absolute Gasteiger partial charge is 0.0891 e. The highest BCUT2D eigenvalue weighted by Crippen LogP contribution is 2.14. The van der Waals surface area contributed by atoms with Gasteiger partial charge >= 0.3 is 0 Å². The lowest BCUT2D eigenvalue weighted by atomic mass is 10.1. The lowest BCUT2D eigenvalue weighted by Crippen LogP contribution is -2.05. The maximum atomic E-state index is 8.97. The minimum atomic E-state index is 0.101. The zero-order valence-corrected chi connectivity index (χ0v) is 8.01. The molecule has 3 nitrogen and oxygen atoms in total. The number of likely N-dealkylation sites (N-methyl/N-ethyl adjacent to an activating group) is 1. The summed E-state index contributed by atoms with van der Waals surface area (Å²) in [5.41, 5.74) is 0.911. The summed E-state index contributed by atoms with van der Waals surface area (Å²) < 4.78 is 0. The summed E-state index contributed by atoms with van der Waals surface area (Å²) in [5.74, 6) is 0.201. The molecule has 0 amide bonds. The first-order chi connectivity index (χ1) is 6.06. The molecule has 0 saturated carbocycles. The third-order valence-electron chi connectivity index (χ3n) is 1.46. The van der Waals surface area contributed by atoms with Crippen molar-refractivity contribution in [1.82, 2.24) is 5.32 Å². The van der Waals surface area contributed by atoms with Crippen LogP contribution in [0, 0.1) is 0 Å². The highest BCUT2D eigenvalue weighted by Gasteiger charge is 2.00. The zero-order valence-electron chi connectivity index (χ0n) is 8.01. The quantitative estimate of drug-likeness (QED) is 0.436. The van der Waals surface area contributed by atoms with Gasteiger partial charge in [0, 0.05) is 19.4 Å². The van der Waals surface area contributed by atoms with Crippen LogP contribution < -0.4 is 5.32 Å². The van der Waals surface area contributed by atoms with E-state index in [-0.39, 0.29) is 11.5 Å². The Balaban J connectivity index is 4.17. The van der Waals surface area contributed by atoms with Crippen LogP contribution in [0.4, 0.5) is 0 Å². The molecule has 0 aromatic carbocycles. The number of rotatable bonds is 6. The Morgan fingerprint density at radius 1 is 1.23 bits per heavy atom. The fraction of sp³-hybridized carbons (Fsp3) is 0.400. The van der Waals surface area contributed by atoms with Crippen molar-refractivity contribution < 1.29 is 10.2 Å². The summed E-state index contributed by atoms with van der Waals surface area (Å²) in [6, 6.07) is 0. The predicted molar refractivity (Wildman–Crippen MR) is 54.8 cm³/mol. The van der Waals surface area contributed by atoms with Crippen LogP contribution in [0.15, 0.2) is 36.3 Å². The molecule has 0 aromatic rings. The molecule has 0 bridgehead atoms. The number of aliphatic hydroxyl groups is 2. The molecule has 3 N–H and O–H groups in total. The number of hydrogen-bond donors (Lipinski definition) is 3. The van der Waals surface area contributed by atoms with Gasteiger partial charge in [0.2, 0.25) is 0 Å². The SMILES string of the molecule is C=C(O)CC(=CCNC)CC(=C)O. The number of hydrogen-bond acceptors (Lipinski definition) is 3. The Kier molecular flexibility index (Phi) is 5.72. The Labute approximate surface area is 79.1 Å². The predicted octanol–water partition coefficient (Wildman–Crippen LogP) is 2.06. The van der Waals surface area contributed by atoms with Gasteiger partial charge < -0.3 is 15.5 Å². The molecule has 0 spiro atoms. The molecule has 0 aromatic heterocycles. The molecular formula is C10H17NO2. The first-order valence-corrected chi connectivity index (χ1v) is 4.12. The Hall–Kier alpha value is -1.22. The van der Waals surface area contributed by atoms with Gasteiger partial charge in [-0.1, -0.05) is 24.8 Å². The zero-order chi connectivity index (χ0) is 10.3. The molecule has 0 unspecified atom stereocenters. The first-order valence-electron chi connectivity index (χ1n) is 4.12. The average Bonchev–Trinajstić information content (AvgIpc) is 1.98. The molecule has 74 valence electrons. The number of nitrogens with one attached hydrogen (secondary N) is 1. The highest BCUT2D eigenvalue weighted by molar-refractivity contribution is 5.14. The van der Waals surface area contributed by atoms with E-state index in [1.54, 1.807) is 0 Å². The van der Waals surface area contributed by atoms with Gasteiger partial charge in [0.05, 0.1) is 11.5 Å². The van der Waals surface area contributed by atoms with Crippen molar-refractivity contribution in [3.05, 3.63) is 36.3 Å². The van der Waals surface area contributed by atoms with Crippen LogP contribution in [0.5, 0.6) is 0 Å². The lowest BCUT2D eigenvalue weighted by molar-refractivity contribution is 0.385. The Morgan fingerprint density at radius 3 is 2.00 bits per heavy atom. The summed E-state index contributed by atoms with van der Waals surface area (Å²) in [4.78, 5) is 0. The molecule has 0 fully saturated rings. The first kappa shape index (κ1) is 11.8. The van der Waals surface area contributed by atoms with E-state index in [4.69, 9.17) is 10.2 Å². The minimum absolute atomic E-state index is 0.101. The van der Waals surface area contributed by atoms with E-state index in [9.17, 15) is 0 Å². The molecule has 0 aliphatic rings. The molecule has 0 aliphatic heterocycles. The molecule has 0 saturated heterocycles. The lowest BCUT2D eigenvalue weighted by Gasteiger charge is -2.05. The maximum absolute atomic E-state index is 8.97. The van der Waals surface area contributed by atoms with E-state index in [1.807, 2.05) is 13.1 Å². The summed E-state index contributed by atoms with van der Waals surface area (Å²) in [6.07, 6.45) is 2.69. The van der Waals surface area contributed by atoms with Gasteiger partial charge in [-0.3, -0.25) is 0 Å². The number of allylic oxidation sites excluding steroid dienone is 2. The van der Waals surface area contributed by atoms with Gasteiger partial charge in [0.1, 0.15) is 0 Å². The largest absolute Gasteiger partial charge is 0.513 e. The van der Waals surface area contributed by atoms with E-state index >= 15 is 0 Å². The average molecular weight is 183 g/mol. The van der Waals surface area contributed by atoms with Crippen LogP contribution >= 0.6 is 0 Å². The van der Waals surface area contributed by atoms with Crippen molar-refractivity contribution in [1.29, 1.82) is 0 Å². The summed E-state index contributed by atoms with van der Waals surface area (Å²) in [5, 5.41) is 20.9. The van der Waals surface area contributed by atoms with Gasteiger partial charge in [-0.05, 0) is 7.05 Å².